The maximum atomic E-state index is 6.19. The minimum absolute atomic E-state index is 0.432. The number of ether oxygens (including phenoxy) is 3. The van der Waals surface area contributed by atoms with Crippen molar-refractivity contribution in [3.05, 3.63) is 22.5 Å². The molecule has 1 fully saturated rings. The first kappa shape index (κ1) is 15.0. The van der Waals surface area contributed by atoms with Gasteiger partial charge >= 0.3 is 0 Å². The molecule has 3 rings (SSSR count). The van der Waals surface area contributed by atoms with Crippen molar-refractivity contribution in [2.75, 3.05) is 47.1 Å². The topological polar surface area (TPSA) is 43.8 Å². The molecule has 6 heteroatoms. The minimum atomic E-state index is -0.432. The first-order valence-corrected chi connectivity index (χ1v) is 7.68. The summed E-state index contributed by atoms with van der Waals surface area (Å²) in [6.45, 7) is 3.41. The Hall–Kier alpha value is -0.880. The minimum Gasteiger partial charge on any atom is -0.492 e. The zero-order valence-electron chi connectivity index (χ0n) is 12.5. The molecule has 3 heterocycles. The molecule has 21 heavy (non-hydrogen) atoms. The van der Waals surface area contributed by atoms with E-state index >= 15 is 0 Å². The van der Waals surface area contributed by atoms with Crippen LogP contribution in [-0.4, -0.2) is 57.0 Å². The van der Waals surface area contributed by atoms with E-state index in [4.69, 9.17) is 25.8 Å². The molecule has 1 atom stereocenters. The number of halogens is 1. The summed E-state index contributed by atoms with van der Waals surface area (Å²) in [5, 5.41) is 0.449. The van der Waals surface area contributed by atoms with Gasteiger partial charge in [-0.25, -0.2) is 4.98 Å². The Labute approximate surface area is 130 Å². The third kappa shape index (κ3) is 3.01. The lowest BCUT2D eigenvalue weighted by atomic mass is 9.90. The number of likely N-dealkylation sites (N-methyl/N-ethyl adjacent to an activating group) is 1. The number of hydrogen-bond acceptors (Lipinski definition) is 5. The quantitative estimate of drug-likeness (QED) is 0.794. The second kappa shape index (κ2) is 6.08. The molecule has 116 valence electrons. The molecule has 1 unspecified atom stereocenters. The fourth-order valence-corrected chi connectivity index (χ4v) is 3.05. The molecule has 2 aliphatic heterocycles. The first-order valence-electron chi connectivity index (χ1n) is 7.30. The first-order chi connectivity index (χ1) is 10.1. The van der Waals surface area contributed by atoms with Crippen LogP contribution < -0.4 is 4.74 Å². The van der Waals surface area contributed by atoms with E-state index in [1.165, 1.54) is 0 Å². The Morgan fingerprint density at radius 3 is 3.00 bits per heavy atom. The van der Waals surface area contributed by atoms with Crippen LogP contribution in [0.1, 0.15) is 17.7 Å². The summed E-state index contributed by atoms with van der Waals surface area (Å²) in [5.41, 5.74) is 1.59. The molecule has 0 radical (unpaired) electrons. The Bertz CT molecular complexity index is 516. The van der Waals surface area contributed by atoms with Gasteiger partial charge in [-0.1, -0.05) is 11.6 Å². The van der Waals surface area contributed by atoms with Gasteiger partial charge in [0.1, 0.15) is 23.1 Å². The lowest BCUT2D eigenvalue weighted by Gasteiger charge is -2.34. The average molecular weight is 313 g/mol. The predicted octanol–water partition coefficient (Wildman–Crippen LogP) is 1.86. The van der Waals surface area contributed by atoms with Gasteiger partial charge in [-0.2, -0.15) is 0 Å². The number of hydrogen-bond donors (Lipinski definition) is 0. The lowest BCUT2D eigenvalue weighted by Crippen LogP contribution is -2.37. The van der Waals surface area contributed by atoms with Crippen LogP contribution in [0.25, 0.3) is 0 Å². The fourth-order valence-electron chi connectivity index (χ4n) is 2.87. The third-order valence-electron chi connectivity index (χ3n) is 4.00. The fraction of sp³-hybridized carbons (Fsp3) is 0.667. The van der Waals surface area contributed by atoms with Gasteiger partial charge < -0.3 is 19.1 Å². The molecule has 0 aliphatic carbocycles. The van der Waals surface area contributed by atoms with Crippen LogP contribution >= 0.6 is 11.6 Å². The van der Waals surface area contributed by atoms with E-state index in [9.17, 15) is 0 Å². The molecule has 5 nitrogen and oxygen atoms in total. The molecule has 2 aliphatic rings. The van der Waals surface area contributed by atoms with E-state index in [0.29, 0.717) is 31.6 Å². The number of rotatable bonds is 4. The molecule has 0 bridgehead atoms. The Morgan fingerprint density at radius 2 is 2.29 bits per heavy atom. The zero-order chi connectivity index (χ0) is 14.9. The summed E-state index contributed by atoms with van der Waals surface area (Å²) in [7, 11) is 4.05. The summed E-state index contributed by atoms with van der Waals surface area (Å²) < 4.78 is 17.5. The van der Waals surface area contributed by atoms with Crippen LogP contribution in [0.3, 0.4) is 0 Å². The van der Waals surface area contributed by atoms with Crippen LogP contribution in [0.5, 0.6) is 5.75 Å². The highest BCUT2D eigenvalue weighted by atomic mass is 35.5. The van der Waals surface area contributed by atoms with E-state index in [2.05, 4.69) is 9.88 Å². The highest BCUT2D eigenvalue weighted by Gasteiger charge is 2.44. The van der Waals surface area contributed by atoms with Gasteiger partial charge in [-0.3, -0.25) is 0 Å². The normalized spacial score (nSPS) is 24.6. The molecular formula is C15H21ClN2O3. The number of pyridine rings is 1. The standard InChI is InChI=1S/C15H21ClN2O3/c1-18(2)5-8-20-12-9-13(16)17-14-11(12)3-6-21-15(14)4-7-19-10-15/h9H,3-8,10H2,1-2H3. The smallest absolute Gasteiger partial charge is 0.136 e. The van der Waals surface area contributed by atoms with Crippen LogP contribution in [-0.2, 0) is 21.5 Å². The molecule has 0 N–H and O–H groups in total. The molecule has 0 amide bonds. The zero-order valence-corrected chi connectivity index (χ0v) is 13.3. The molecule has 1 aromatic heterocycles. The summed E-state index contributed by atoms with van der Waals surface area (Å²) in [4.78, 5) is 6.61. The summed E-state index contributed by atoms with van der Waals surface area (Å²) >= 11 is 6.19. The van der Waals surface area contributed by atoms with Crippen LogP contribution in [0.4, 0.5) is 0 Å². The van der Waals surface area contributed by atoms with Crippen LogP contribution in [0, 0.1) is 0 Å². The lowest BCUT2D eigenvalue weighted by molar-refractivity contribution is -0.0670. The molecule has 0 saturated carbocycles. The predicted molar refractivity (Wildman–Crippen MR) is 80.1 cm³/mol. The van der Waals surface area contributed by atoms with Gasteiger partial charge in [0.2, 0.25) is 0 Å². The van der Waals surface area contributed by atoms with Crippen molar-refractivity contribution >= 4 is 11.6 Å². The van der Waals surface area contributed by atoms with Crippen LogP contribution in [0.15, 0.2) is 6.07 Å². The van der Waals surface area contributed by atoms with E-state index in [1.807, 2.05) is 20.2 Å². The van der Waals surface area contributed by atoms with Gasteiger partial charge in [0.25, 0.3) is 0 Å². The summed E-state index contributed by atoms with van der Waals surface area (Å²) in [6, 6.07) is 1.81. The van der Waals surface area contributed by atoms with Gasteiger partial charge in [0.05, 0.1) is 18.9 Å². The Balaban J connectivity index is 1.90. The monoisotopic (exact) mass is 312 g/mol. The van der Waals surface area contributed by atoms with Crippen molar-refractivity contribution in [1.82, 2.24) is 9.88 Å². The van der Waals surface area contributed by atoms with Crippen molar-refractivity contribution in [3.8, 4) is 5.75 Å². The second-order valence-corrected chi connectivity index (χ2v) is 6.20. The highest BCUT2D eigenvalue weighted by molar-refractivity contribution is 6.29. The highest BCUT2D eigenvalue weighted by Crippen LogP contribution is 2.42. The summed E-state index contributed by atoms with van der Waals surface area (Å²) in [5.74, 6) is 0.835. The maximum Gasteiger partial charge on any atom is 0.136 e. The van der Waals surface area contributed by atoms with Gasteiger partial charge in [-0.05, 0) is 14.1 Å². The molecule has 0 aromatic carbocycles. The van der Waals surface area contributed by atoms with Gasteiger partial charge in [0.15, 0.2) is 0 Å². The molecule has 1 aromatic rings. The van der Waals surface area contributed by atoms with E-state index in [-0.39, 0.29) is 0 Å². The van der Waals surface area contributed by atoms with E-state index in [0.717, 1.165) is 36.4 Å². The van der Waals surface area contributed by atoms with Crippen molar-refractivity contribution in [3.63, 3.8) is 0 Å². The Kier molecular flexibility index (Phi) is 4.36. The number of fused-ring (bicyclic) bond motifs is 2. The number of aromatic nitrogens is 1. The largest absolute Gasteiger partial charge is 0.492 e. The Morgan fingerprint density at radius 1 is 1.43 bits per heavy atom. The second-order valence-electron chi connectivity index (χ2n) is 5.82. The van der Waals surface area contributed by atoms with Crippen LogP contribution in [0.2, 0.25) is 5.15 Å². The van der Waals surface area contributed by atoms with Crippen molar-refractivity contribution < 1.29 is 14.2 Å². The molecule has 1 saturated heterocycles. The van der Waals surface area contributed by atoms with Gasteiger partial charge in [-0.15, -0.1) is 0 Å². The maximum absolute atomic E-state index is 6.19. The van der Waals surface area contributed by atoms with Crippen molar-refractivity contribution in [2.45, 2.75) is 18.4 Å². The molecular weight excluding hydrogens is 292 g/mol. The number of nitrogens with zero attached hydrogens (tertiary/aromatic N) is 2. The molecule has 1 spiro atoms. The summed E-state index contributed by atoms with van der Waals surface area (Å²) in [6.07, 6.45) is 1.63. The van der Waals surface area contributed by atoms with Crippen molar-refractivity contribution in [2.24, 2.45) is 0 Å². The third-order valence-corrected chi connectivity index (χ3v) is 4.19. The average Bonchev–Trinajstić information content (AvgIpc) is 2.89. The van der Waals surface area contributed by atoms with Crippen molar-refractivity contribution in [1.29, 1.82) is 0 Å². The van der Waals surface area contributed by atoms with E-state index in [1.54, 1.807) is 0 Å². The SMILES string of the molecule is CN(C)CCOc1cc(Cl)nc2c1CCOC21CCOC1. The van der Waals surface area contributed by atoms with Gasteiger partial charge in [0, 0.05) is 37.6 Å². The van der Waals surface area contributed by atoms with E-state index < -0.39 is 5.60 Å².